The highest BCUT2D eigenvalue weighted by molar-refractivity contribution is 9.11. The third-order valence-electron chi connectivity index (χ3n) is 2.64. The molecule has 16 heavy (non-hydrogen) atoms. The molecule has 0 spiro atoms. The second kappa shape index (κ2) is 4.63. The van der Waals surface area contributed by atoms with E-state index in [1.165, 1.54) is 0 Å². The van der Waals surface area contributed by atoms with E-state index in [-0.39, 0.29) is 0 Å². The minimum Gasteiger partial charge on any atom is -0.251 e. The van der Waals surface area contributed by atoms with Gasteiger partial charge >= 0.3 is 0 Å². The average Bonchev–Trinajstić information content (AvgIpc) is 2.27. The number of nitrogens with zero attached hydrogens (tertiary/aromatic N) is 1. The SMILES string of the molecule is CCc1nc2c(Br)ccc(Br)c2c(Cl)c1C. The molecule has 0 radical (unpaired) electrons. The first-order valence-electron chi connectivity index (χ1n) is 4.99. The van der Waals surface area contributed by atoms with Crippen LogP contribution in [0.4, 0.5) is 0 Å². The van der Waals surface area contributed by atoms with Crippen LogP contribution in [-0.4, -0.2) is 4.98 Å². The highest BCUT2D eigenvalue weighted by atomic mass is 79.9. The fourth-order valence-corrected chi connectivity index (χ4v) is 3.09. The molecule has 84 valence electrons. The number of benzene rings is 1. The summed E-state index contributed by atoms with van der Waals surface area (Å²) in [7, 11) is 0. The van der Waals surface area contributed by atoms with Gasteiger partial charge in [-0.15, -0.1) is 0 Å². The number of hydrogen-bond acceptors (Lipinski definition) is 1. The van der Waals surface area contributed by atoms with E-state index >= 15 is 0 Å². The molecule has 0 atom stereocenters. The van der Waals surface area contributed by atoms with Crippen molar-refractivity contribution >= 4 is 54.4 Å². The third kappa shape index (κ3) is 1.89. The molecule has 0 aliphatic heterocycles. The van der Waals surface area contributed by atoms with Crippen molar-refractivity contribution in [2.75, 3.05) is 0 Å². The zero-order chi connectivity index (χ0) is 11.9. The maximum atomic E-state index is 6.40. The van der Waals surface area contributed by atoms with Crippen LogP contribution in [0.5, 0.6) is 0 Å². The molecular weight excluding hydrogens is 353 g/mol. The molecule has 1 nitrogen and oxygen atoms in total. The van der Waals surface area contributed by atoms with Crippen LogP contribution < -0.4 is 0 Å². The normalized spacial score (nSPS) is 11.1. The fourth-order valence-electron chi connectivity index (χ4n) is 1.74. The minimum absolute atomic E-state index is 0.787. The molecule has 0 unspecified atom stereocenters. The van der Waals surface area contributed by atoms with Crippen LogP contribution in [0.25, 0.3) is 10.9 Å². The van der Waals surface area contributed by atoms with Crippen LogP contribution in [0, 0.1) is 6.92 Å². The lowest BCUT2D eigenvalue weighted by Gasteiger charge is -2.11. The van der Waals surface area contributed by atoms with Crippen LogP contribution in [0.15, 0.2) is 21.1 Å². The maximum Gasteiger partial charge on any atom is 0.0873 e. The smallest absolute Gasteiger partial charge is 0.0873 e. The van der Waals surface area contributed by atoms with Crippen LogP contribution in [0.1, 0.15) is 18.2 Å². The summed E-state index contributed by atoms with van der Waals surface area (Å²) in [6, 6.07) is 3.95. The minimum atomic E-state index is 0.787. The van der Waals surface area contributed by atoms with Crippen LogP contribution in [-0.2, 0) is 6.42 Å². The van der Waals surface area contributed by atoms with Gasteiger partial charge in [-0.1, -0.05) is 34.5 Å². The Hall–Kier alpha value is -0.120. The van der Waals surface area contributed by atoms with Crippen LogP contribution in [0.2, 0.25) is 5.02 Å². The van der Waals surface area contributed by atoms with Crippen molar-refractivity contribution in [2.45, 2.75) is 20.3 Å². The van der Waals surface area contributed by atoms with Crippen molar-refractivity contribution in [3.63, 3.8) is 0 Å². The largest absolute Gasteiger partial charge is 0.251 e. The predicted molar refractivity (Wildman–Crippen MR) is 76.3 cm³/mol. The first-order valence-corrected chi connectivity index (χ1v) is 6.95. The lowest BCUT2D eigenvalue weighted by Crippen LogP contribution is -1.96. The molecule has 1 aromatic carbocycles. The number of rotatable bonds is 1. The van der Waals surface area contributed by atoms with Crippen molar-refractivity contribution < 1.29 is 0 Å². The highest BCUT2D eigenvalue weighted by Gasteiger charge is 2.13. The lowest BCUT2D eigenvalue weighted by atomic mass is 10.1. The van der Waals surface area contributed by atoms with Gasteiger partial charge in [0, 0.05) is 20.0 Å². The summed E-state index contributed by atoms with van der Waals surface area (Å²) in [5.74, 6) is 0. The van der Waals surface area contributed by atoms with Crippen LogP contribution >= 0.6 is 43.5 Å². The Morgan fingerprint density at radius 3 is 2.50 bits per heavy atom. The molecule has 0 aliphatic rings. The van der Waals surface area contributed by atoms with Gasteiger partial charge in [0.2, 0.25) is 0 Å². The van der Waals surface area contributed by atoms with E-state index in [0.29, 0.717) is 0 Å². The second-order valence-electron chi connectivity index (χ2n) is 3.60. The first kappa shape index (κ1) is 12.3. The Labute approximate surface area is 116 Å². The van der Waals surface area contributed by atoms with Crippen LogP contribution in [0.3, 0.4) is 0 Å². The van der Waals surface area contributed by atoms with E-state index in [1.54, 1.807) is 0 Å². The number of aryl methyl sites for hydroxylation is 1. The number of fused-ring (bicyclic) bond motifs is 1. The second-order valence-corrected chi connectivity index (χ2v) is 5.69. The van der Waals surface area contributed by atoms with E-state index in [4.69, 9.17) is 11.6 Å². The molecule has 2 rings (SSSR count). The molecule has 2 aromatic rings. The van der Waals surface area contributed by atoms with Gasteiger partial charge in [0.1, 0.15) is 0 Å². The Kier molecular flexibility index (Phi) is 3.57. The zero-order valence-corrected chi connectivity index (χ0v) is 12.9. The summed E-state index contributed by atoms with van der Waals surface area (Å²) in [5, 5.41) is 1.76. The summed E-state index contributed by atoms with van der Waals surface area (Å²) >= 11 is 13.4. The molecular formula is C12H10Br2ClN. The summed E-state index contributed by atoms with van der Waals surface area (Å²) in [5.41, 5.74) is 3.04. The van der Waals surface area contributed by atoms with E-state index in [0.717, 1.165) is 42.5 Å². The number of pyridine rings is 1. The Morgan fingerprint density at radius 2 is 1.88 bits per heavy atom. The predicted octanol–water partition coefficient (Wildman–Crippen LogP) is 5.28. The van der Waals surface area contributed by atoms with Gasteiger partial charge in [0.05, 0.1) is 10.5 Å². The quantitative estimate of drug-likeness (QED) is 0.671. The van der Waals surface area contributed by atoms with E-state index in [2.05, 4.69) is 43.8 Å². The Balaban J connectivity index is 2.97. The summed E-state index contributed by atoms with van der Waals surface area (Å²) < 4.78 is 1.95. The van der Waals surface area contributed by atoms with E-state index in [1.807, 2.05) is 19.1 Å². The molecule has 0 N–H and O–H groups in total. The van der Waals surface area contributed by atoms with Gasteiger partial charge in [-0.3, -0.25) is 4.98 Å². The third-order valence-corrected chi connectivity index (χ3v) is 4.41. The van der Waals surface area contributed by atoms with Gasteiger partial charge < -0.3 is 0 Å². The van der Waals surface area contributed by atoms with Gasteiger partial charge in [-0.05, 0) is 47.0 Å². The first-order chi connectivity index (χ1) is 7.56. The van der Waals surface area contributed by atoms with Gasteiger partial charge in [0.15, 0.2) is 0 Å². The van der Waals surface area contributed by atoms with Crippen molar-refractivity contribution in [3.8, 4) is 0 Å². The van der Waals surface area contributed by atoms with Crippen molar-refractivity contribution in [1.82, 2.24) is 4.98 Å². The summed E-state index contributed by atoms with van der Waals surface area (Å²) in [4.78, 5) is 4.65. The standard InChI is InChI=1S/C12H10Br2ClN/c1-3-9-6(2)11(15)10-7(13)4-5-8(14)12(10)16-9/h4-5H,3H2,1-2H3. The molecule has 0 fully saturated rings. The topological polar surface area (TPSA) is 12.9 Å². The number of halogens is 3. The molecule has 0 bridgehead atoms. The van der Waals surface area contributed by atoms with E-state index in [9.17, 15) is 0 Å². The maximum absolute atomic E-state index is 6.40. The van der Waals surface area contributed by atoms with Crippen molar-refractivity contribution in [1.29, 1.82) is 0 Å². The zero-order valence-electron chi connectivity index (χ0n) is 8.94. The Morgan fingerprint density at radius 1 is 1.25 bits per heavy atom. The van der Waals surface area contributed by atoms with Crippen molar-refractivity contribution in [3.05, 3.63) is 37.4 Å². The van der Waals surface area contributed by atoms with E-state index < -0.39 is 0 Å². The molecule has 4 heteroatoms. The average molecular weight is 363 g/mol. The molecule has 0 saturated heterocycles. The highest BCUT2D eigenvalue weighted by Crippen LogP contribution is 2.36. The van der Waals surface area contributed by atoms with Crippen molar-refractivity contribution in [2.24, 2.45) is 0 Å². The van der Waals surface area contributed by atoms with Gasteiger partial charge in [0.25, 0.3) is 0 Å². The monoisotopic (exact) mass is 361 g/mol. The number of hydrogen-bond donors (Lipinski definition) is 0. The molecule has 1 aromatic heterocycles. The fraction of sp³-hybridized carbons (Fsp3) is 0.250. The Bertz CT molecular complexity index is 567. The lowest BCUT2D eigenvalue weighted by molar-refractivity contribution is 1.03. The summed E-state index contributed by atoms with van der Waals surface area (Å²) in [6.45, 7) is 4.10. The molecule has 0 aliphatic carbocycles. The molecule has 1 heterocycles. The molecule has 0 saturated carbocycles. The summed E-state index contributed by atoms with van der Waals surface area (Å²) in [6.07, 6.45) is 0.889. The van der Waals surface area contributed by atoms with Gasteiger partial charge in [-0.2, -0.15) is 0 Å². The molecule has 0 amide bonds. The number of aromatic nitrogens is 1. The van der Waals surface area contributed by atoms with Gasteiger partial charge in [-0.25, -0.2) is 0 Å².